The molecule has 2 aromatic heterocycles. The highest BCUT2D eigenvalue weighted by Gasteiger charge is 2.33. The number of carbonyl (C=O) groups excluding carboxylic acids is 1. The number of pyridine rings is 1. The lowest BCUT2D eigenvalue weighted by Gasteiger charge is -2.24. The van der Waals surface area contributed by atoms with E-state index < -0.39 is 0 Å². The van der Waals surface area contributed by atoms with Crippen molar-refractivity contribution < 1.29 is 9.53 Å². The van der Waals surface area contributed by atoms with Gasteiger partial charge in [-0.1, -0.05) is 6.07 Å². The van der Waals surface area contributed by atoms with Crippen LogP contribution < -0.4 is 0 Å². The highest BCUT2D eigenvalue weighted by molar-refractivity contribution is 5.93. The molecule has 1 aliphatic rings. The lowest BCUT2D eigenvalue weighted by molar-refractivity contribution is 0.0715. The molecule has 24 heavy (non-hydrogen) atoms. The van der Waals surface area contributed by atoms with E-state index in [4.69, 9.17) is 4.74 Å². The van der Waals surface area contributed by atoms with E-state index in [0.717, 1.165) is 30.8 Å². The molecule has 128 valence electrons. The van der Waals surface area contributed by atoms with Crippen LogP contribution in [0.5, 0.6) is 0 Å². The van der Waals surface area contributed by atoms with Gasteiger partial charge in [0.05, 0.1) is 30.6 Å². The van der Waals surface area contributed by atoms with Crippen molar-refractivity contribution in [1.29, 1.82) is 0 Å². The number of likely N-dealkylation sites (tertiary alicyclic amines) is 1. The zero-order valence-corrected chi connectivity index (χ0v) is 14.3. The molecule has 0 spiro atoms. The van der Waals surface area contributed by atoms with Gasteiger partial charge >= 0.3 is 0 Å². The van der Waals surface area contributed by atoms with Gasteiger partial charge in [0.25, 0.3) is 5.91 Å². The second-order valence-corrected chi connectivity index (χ2v) is 6.00. The normalized spacial score (nSPS) is 17.4. The molecule has 3 rings (SSSR count). The predicted octanol–water partition coefficient (Wildman–Crippen LogP) is 2.60. The number of aryl methyl sites for hydroxylation is 1. The van der Waals surface area contributed by atoms with Crippen LogP contribution >= 0.6 is 0 Å². The number of hydrogen-bond acceptors (Lipinski definition) is 4. The SMILES string of the molecule is CCOCCn1nc(C)cc1C(=O)N1CCC[C@H]1c1ccccn1. The zero-order valence-electron chi connectivity index (χ0n) is 14.3. The van der Waals surface area contributed by atoms with Crippen molar-refractivity contribution in [3.05, 3.63) is 47.5 Å². The van der Waals surface area contributed by atoms with Crippen molar-refractivity contribution in [3.8, 4) is 0 Å². The average molecular weight is 328 g/mol. The summed E-state index contributed by atoms with van der Waals surface area (Å²) >= 11 is 0. The summed E-state index contributed by atoms with van der Waals surface area (Å²) in [5.74, 6) is 0.0280. The number of ether oxygens (including phenoxy) is 1. The van der Waals surface area contributed by atoms with Gasteiger partial charge < -0.3 is 9.64 Å². The monoisotopic (exact) mass is 328 g/mol. The molecule has 1 fully saturated rings. The Morgan fingerprint density at radius 3 is 3.04 bits per heavy atom. The number of hydrogen-bond donors (Lipinski definition) is 0. The van der Waals surface area contributed by atoms with Gasteiger partial charge in [-0.25, -0.2) is 0 Å². The van der Waals surface area contributed by atoms with Crippen LogP contribution in [0, 0.1) is 6.92 Å². The van der Waals surface area contributed by atoms with Gasteiger partial charge in [-0.05, 0) is 44.9 Å². The maximum atomic E-state index is 13.1. The van der Waals surface area contributed by atoms with E-state index in [1.165, 1.54) is 0 Å². The lowest BCUT2D eigenvalue weighted by atomic mass is 10.1. The maximum absolute atomic E-state index is 13.1. The van der Waals surface area contributed by atoms with Crippen molar-refractivity contribution in [3.63, 3.8) is 0 Å². The molecular weight excluding hydrogens is 304 g/mol. The van der Waals surface area contributed by atoms with Crippen LogP contribution in [0.1, 0.15) is 47.7 Å². The maximum Gasteiger partial charge on any atom is 0.272 e. The third-order valence-corrected chi connectivity index (χ3v) is 4.32. The van der Waals surface area contributed by atoms with E-state index in [1.54, 1.807) is 10.9 Å². The van der Waals surface area contributed by atoms with Gasteiger partial charge in [0.15, 0.2) is 0 Å². The van der Waals surface area contributed by atoms with Gasteiger partial charge in [0.2, 0.25) is 0 Å². The summed E-state index contributed by atoms with van der Waals surface area (Å²) in [5.41, 5.74) is 2.44. The molecule has 0 unspecified atom stereocenters. The van der Waals surface area contributed by atoms with E-state index in [1.807, 2.05) is 43.0 Å². The third kappa shape index (κ3) is 3.48. The van der Waals surface area contributed by atoms with E-state index in [2.05, 4.69) is 10.1 Å². The van der Waals surface area contributed by atoms with Crippen LogP contribution in [-0.2, 0) is 11.3 Å². The van der Waals surface area contributed by atoms with Crippen LogP contribution in [-0.4, -0.2) is 45.3 Å². The van der Waals surface area contributed by atoms with Crippen LogP contribution in [0.15, 0.2) is 30.5 Å². The van der Waals surface area contributed by atoms with E-state index >= 15 is 0 Å². The minimum absolute atomic E-state index is 0.0280. The summed E-state index contributed by atoms with van der Waals surface area (Å²) in [6, 6.07) is 7.78. The predicted molar refractivity (Wildman–Crippen MR) is 90.7 cm³/mol. The van der Waals surface area contributed by atoms with Gasteiger partial charge in [-0.15, -0.1) is 0 Å². The first-order valence-corrected chi connectivity index (χ1v) is 8.54. The molecule has 0 N–H and O–H groups in total. The Hall–Kier alpha value is -2.21. The third-order valence-electron chi connectivity index (χ3n) is 4.32. The van der Waals surface area contributed by atoms with E-state index in [9.17, 15) is 4.79 Å². The second kappa shape index (κ2) is 7.57. The van der Waals surface area contributed by atoms with Gasteiger partial charge in [-0.2, -0.15) is 5.10 Å². The quantitative estimate of drug-likeness (QED) is 0.765. The first kappa shape index (κ1) is 16.6. The Labute approximate surface area is 142 Å². The van der Waals surface area contributed by atoms with Crippen LogP contribution in [0.3, 0.4) is 0 Å². The first-order valence-electron chi connectivity index (χ1n) is 8.54. The number of amides is 1. The Morgan fingerprint density at radius 1 is 1.42 bits per heavy atom. The Kier molecular flexibility index (Phi) is 5.25. The summed E-state index contributed by atoms with van der Waals surface area (Å²) in [5, 5.41) is 4.45. The molecule has 1 atom stereocenters. The number of aromatic nitrogens is 3. The zero-order chi connectivity index (χ0) is 16.9. The van der Waals surface area contributed by atoms with Crippen molar-refractivity contribution in [1.82, 2.24) is 19.7 Å². The minimum atomic E-state index is 0.0280. The summed E-state index contributed by atoms with van der Waals surface area (Å²) in [6.45, 7) is 6.44. The summed E-state index contributed by atoms with van der Waals surface area (Å²) in [7, 11) is 0. The van der Waals surface area contributed by atoms with Crippen LogP contribution in [0.2, 0.25) is 0 Å². The first-order chi connectivity index (χ1) is 11.7. The number of rotatable bonds is 6. The fraction of sp³-hybridized carbons (Fsp3) is 0.500. The average Bonchev–Trinajstić information content (AvgIpc) is 3.22. The van der Waals surface area contributed by atoms with Crippen molar-refractivity contribution >= 4 is 5.91 Å². The molecule has 0 radical (unpaired) electrons. The van der Waals surface area contributed by atoms with Crippen LogP contribution in [0.25, 0.3) is 0 Å². The standard InChI is InChI=1S/C18H24N4O2/c1-3-24-12-11-22-17(13-14(2)20-22)18(23)21-10-6-8-16(21)15-7-4-5-9-19-15/h4-5,7,9,13,16H,3,6,8,10-12H2,1-2H3/t16-/m0/s1. The van der Waals surface area contributed by atoms with E-state index in [-0.39, 0.29) is 11.9 Å². The molecule has 3 heterocycles. The molecule has 1 amide bonds. The fourth-order valence-corrected chi connectivity index (χ4v) is 3.22. The smallest absolute Gasteiger partial charge is 0.272 e. The Balaban J connectivity index is 1.80. The summed E-state index contributed by atoms with van der Waals surface area (Å²) < 4.78 is 7.17. The topological polar surface area (TPSA) is 60.3 Å². The number of nitrogens with zero attached hydrogens (tertiary/aromatic N) is 4. The fourth-order valence-electron chi connectivity index (χ4n) is 3.22. The van der Waals surface area contributed by atoms with Crippen LogP contribution in [0.4, 0.5) is 0 Å². The second-order valence-electron chi connectivity index (χ2n) is 6.00. The molecular formula is C18H24N4O2. The van der Waals surface area contributed by atoms with E-state index in [0.29, 0.717) is 25.5 Å². The van der Waals surface area contributed by atoms with Gasteiger partial charge in [-0.3, -0.25) is 14.5 Å². The molecule has 6 nitrogen and oxygen atoms in total. The molecule has 2 aromatic rings. The van der Waals surface area contributed by atoms with Gasteiger partial charge in [0, 0.05) is 19.3 Å². The summed E-state index contributed by atoms with van der Waals surface area (Å²) in [6.07, 6.45) is 3.74. The largest absolute Gasteiger partial charge is 0.380 e. The highest BCUT2D eigenvalue weighted by Crippen LogP contribution is 2.31. The summed E-state index contributed by atoms with van der Waals surface area (Å²) in [4.78, 5) is 19.5. The van der Waals surface area contributed by atoms with Crippen molar-refractivity contribution in [2.45, 2.75) is 39.3 Å². The molecule has 6 heteroatoms. The highest BCUT2D eigenvalue weighted by atomic mass is 16.5. The van der Waals surface area contributed by atoms with Crippen molar-refractivity contribution in [2.24, 2.45) is 0 Å². The Bertz CT molecular complexity index is 684. The molecule has 1 saturated heterocycles. The molecule has 1 aliphatic heterocycles. The number of carbonyl (C=O) groups is 1. The molecule has 0 aromatic carbocycles. The lowest BCUT2D eigenvalue weighted by Crippen LogP contribution is -2.33. The van der Waals surface area contributed by atoms with Gasteiger partial charge in [0.1, 0.15) is 5.69 Å². The molecule has 0 bridgehead atoms. The minimum Gasteiger partial charge on any atom is -0.380 e. The molecule has 0 saturated carbocycles. The Morgan fingerprint density at radius 2 is 2.29 bits per heavy atom. The molecule has 0 aliphatic carbocycles. The van der Waals surface area contributed by atoms with Crippen molar-refractivity contribution in [2.75, 3.05) is 19.8 Å².